The summed E-state index contributed by atoms with van der Waals surface area (Å²) in [6.07, 6.45) is 4.20. The summed E-state index contributed by atoms with van der Waals surface area (Å²) in [5.41, 5.74) is 2.41. The third-order valence-corrected chi connectivity index (χ3v) is 3.65. The molecule has 0 aliphatic rings. The number of ether oxygens (including phenoxy) is 1. The fraction of sp³-hybridized carbons (Fsp3) is 0.250. The maximum absolute atomic E-state index is 12.3. The maximum atomic E-state index is 12.3. The fourth-order valence-electron chi connectivity index (χ4n) is 2.04. The van der Waals surface area contributed by atoms with E-state index >= 15 is 0 Å². The van der Waals surface area contributed by atoms with Crippen molar-refractivity contribution >= 4 is 29.3 Å². The molecule has 0 aliphatic heterocycles. The maximum Gasteiger partial charge on any atom is 0.255 e. The molecule has 126 valence electrons. The van der Waals surface area contributed by atoms with Crippen LogP contribution in [0.25, 0.3) is 6.08 Å². The molecular weight excluding hydrogens is 322 g/mol. The highest BCUT2D eigenvalue weighted by Crippen LogP contribution is 2.27. The summed E-state index contributed by atoms with van der Waals surface area (Å²) in [5, 5.41) is 3.29. The number of benzene rings is 2. The molecule has 2 aromatic carbocycles. The molecule has 4 heteroatoms. The van der Waals surface area contributed by atoms with Gasteiger partial charge in [0.15, 0.2) is 0 Å². The Hall–Kier alpha value is -2.26. The van der Waals surface area contributed by atoms with Gasteiger partial charge < -0.3 is 10.1 Å². The molecule has 2 aromatic rings. The fourth-order valence-corrected chi connectivity index (χ4v) is 2.30. The SMILES string of the molecule is COc1ccc(NC(=O)c2ccc(C=CC(C)(C)C)cc2)cc1Cl. The average Bonchev–Trinajstić information content (AvgIpc) is 2.53. The van der Waals surface area contributed by atoms with E-state index in [4.69, 9.17) is 16.3 Å². The van der Waals surface area contributed by atoms with Crippen LogP contribution >= 0.6 is 11.6 Å². The molecule has 1 amide bonds. The minimum Gasteiger partial charge on any atom is -0.495 e. The summed E-state index contributed by atoms with van der Waals surface area (Å²) in [5.74, 6) is 0.396. The van der Waals surface area contributed by atoms with E-state index in [-0.39, 0.29) is 11.3 Å². The lowest BCUT2D eigenvalue weighted by Crippen LogP contribution is -2.11. The number of amides is 1. The molecule has 24 heavy (non-hydrogen) atoms. The summed E-state index contributed by atoms with van der Waals surface area (Å²) in [6.45, 7) is 6.43. The Morgan fingerprint density at radius 1 is 1.12 bits per heavy atom. The van der Waals surface area contributed by atoms with Gasteiger partial charge in [-0.25, -0.2) is 0 Å². The van der Waals surface area contributed by atoms with Crippen LogP contribution in [0.5, 0.6) is 5.75 Å². The van der Waals surface area contributed by atoms with Crippen LogP contribution < -0.4 is 10.1 Å². The van der Waals surface area contributed by atoms with Gasteiger partial charge in [0.25, 0.3) is 5.91 Å². The predicted octanol–water partition coefficient (Wildman–Crippen LogP) is 5.66. The van der Waals surface area contributed by atoms with Gasteiger partial charge in [0.2, 0.25) is 0 Å². The summed E-state index contributed by atoms with van der Waals surface area (Å²) in [4.78, 5) is 12.3. The van der Waals surface area contributed by atoms with Gasteiger partial charge in [0.05, 0.1) is 12.1 Å². The molecule has 0 saturated carbocycles. The Kier molecular flexibility index (Phi) is 5.68. The van der Waals surface area contributed by atoms with Gasteiger partial charge in [-0.2, -0.15) is 0 Å². The lowest BCUT2D eigenvalue weighted by molar-refractivity contribution is 0.102. The van der Waals surface area contributed by atoms with Crippen LogP contribution in [0.15, 0.2) is 48.5 Å². The molecule has 2 rings (SSSR count). The highest BCUT2D eigenvalue weighted by atomic mass is 35.5. The second-order valence-corrected chi connectivity index (χ2v) is 7.03. The third kappa shape index (κ3) is 5.14. The van der Waals surface area contributed by atoms with Crippen molar-refractivity contribution in [3.8, 4) is 5.75 Å². The van der Waals surface area contributed by atoms with E-state index in [1.807, 2.05) is 24.3 Å². The zero-order chi connectivity index (χ0) is 17.7. The van der Waals surface area contributed by atoms with Crippen molar-refractivity contribution in [1.29, 1.82) is 0 Å². The van der Waals surface area contributed by atoms with Gasteiger partial charge in [-0.3, -0.25) is 4.79 Å². The Labute approximate surface area is 148 Å². The first-order valence-electron chi connectivity index (χ1n) is 7.73. The quantitative estimate of drug-likeness (QED) is 0.777. The molecule has 0 fully saturated rings. The number of rotatable bonds is 4. The summed E-state index contributed by atoms with van der Waals surface area (Å²) < 4.78 is 5.10. The van der Waals surface area contributed by atoms with Crippen molar-refractivity contribution in [3.63, 3.8) is 0 Å². The molecule has 0 bridgehead atoms. The topological polar surface area (TPSA) is 38.3 Å². The summed E-state index contributed by atoms with van der Waals surface area (Å²) in [7, 11) is 1.55. The smallest absolute Gasteiger partial charge is 0.255 e. The number of hydrogen-bond acceptors (Lipinski definition) is 2. The lowest BCUT2D eigenvalue weighted by atomic mass is 9.95. The average molecular weight is 344 g/mol. The van der Waals surface area contributed by atoms with E-state index in [1.165, 1.54) is 0 Å². The van der Waals surface area contributed by atoms with E-state index in [9.17, 15) is 4.79 Å². The molecule has 3 nitrogen and oxygen atoms in total. The molecule has 0 aromatic heterocycles. The Morgan fingerprint density at radius 3 is 2.33 bits per heavy atom. The first-order valence-corrected chi connectivity index (χ1v) is 8.10. The number of anilines is 1. The van der Waals surface area contributed by atoms with Gasteiger partial charge >= 0.3 is 0 Å². The Morgan fingerprint density at radius 2 is 1.79 bits per heavy atom. The first kappa shape index (κ1) is 18.1. The number of carbonyl (C=O) groups excluding carboxylic acids is 1. The normalized spacial score (nSPS) is 11.5. The zero-order valence-corrected chi connectivity index (χ0v) is 15.1. The van der Waals surface area contributed by atoms with Crippen LogP contribution in [-0.4, -0.2) is 13.0 Å². The van der Waals surface area contributed by atoms with Gasteiger partial charge in [0, 0.05) is 11.3 Å². The minimum absolute atomic E-state index is 0.129. The molecule has 0 aliphatic carbocycles. The van der Waals surface area contributed by atoms with Gasteiger partial charge in [-0.05, 0) is 41.3 Å². The molecule has 0 saturated heterocycles. The van der Waals surface area contributed by atoms with Crippen LogP contribution in [0.4, 0.5) is 5.69 Å². The number of methoxy groups -OCH3 is 1. The molecule has 0 unspecified atom stereocenters. The predicted molar refractivity (Wildman–Crippen MR) is 101 cm³/mol. The van der Waals surface area contributed by atoms with Crippen LogP contribution in [0, 0.1) is 5.41 Å². The largest absolute Gasteiger partial charge is 0.495 e. The van der Waals surface area contributed by atoms with E-state index in [2.05, 4.69) is 38.2 Å². The van der Waals surface area contributed by atoms with Crippen molar-refractivity contribution in [1.82, 2.24) is 0 Å². The molecule has 0 spiro atoms. The zero-order valence-electron chi connectivity index (χ0n) is 14.4. The summed E-state index contributed by atoms with van der Waals surface area (Å²) in [6, 6.07) is 12.6. The molecule has 0 radical (unpaired) electrons. The number of carbonyl (C=O) groups is 1. The number of nitrogens with one attached hydrogen (secondary N) is 1. The third-order valence-electron chi connectivity index (χ3n) is 3.36. The monoisotopic (exact) mass is 343 g/mol. The Bertz CT molecular complexity index is 743. The highest BCUT2D eigenvalue weighted by molar-refractivity contribution is 6.32. The van der Waals surface area contributed by atoms with Crippen molar-refractivity contribution in [2.24, 2.45) is 5.41 Å². The van der Waals surface area contributed by atoms with Crippen molar-refractivity contribution in [3.05, 3.63) is 64.7 Å². The molecule has 0 atom stereocenters. The lowest BCUT2D eigenvalue weighted by Gasteiger charge is -2.11. The van der Waals surface area contributed by atoms with E-state index in [0.29, 0.717) is 22.0 Å². The second-order valence-electron chi connectivity index (χ2n) is 6.62. The number of halogens is 1. The molecular formula is C20H22ClNO2. The van der Waals surface area contributed by atoms with Crippen LogP contribution in [-0.2, 0) is 0 Å². The molecule has 1 N–H and O–H groups in total. The highest BCUT2D eigenvalue weighted by Gasteiger charge is 2.08. The first-order chi connectivity index (χ1) is 11.3. The van der Waals surface area contributed by atoms with Crippen molar-refractivity contribution in [2.75, 3.05) is 12.4 Å². The van der Waals surface area contributed by atoms with Gasteiger partial charge in [-0.15, -0.1) is 0 Å². The van der Waals surface area contributed by atoms with Gasteiger partial charge in [-0.1, -0.05) is 56.7 Å². The standard InChI is InChI=1S/C20H22ClNO2/c1-20(2,3)12-11-14-5-7-15(8-6-14)19(23)22-16-9-10-18(24-4)17(21)13-16/h5-13H,1-4H3,(H,22,23). The van der Waals surface area contributed by atoms with Crippen molar-refractivity contribution in [2.45, 2.75) is 20.8 Å². The van der Waals surface area contributed by atoms with E-state index in [0.717, 1.165) is 5.56 Å². The van der Waals surface area contributed by atoms with Crippen molar-refractivity contribution < 1.29 is 9.53 Å². The van der Waals surface area contributed by atoms with Crippen LogP contribution in [0.1, 0.15) is 36.7 Å². The van der Waals surface area contributed by atoms with Gasteiger partial charge in [0.1, 0.15) is 5.75 Å². The van der Waals surface area contributed by atoms with E-state index < -0.39 is 0 Å². The van der Waals surface area contributed by atoms with Crippen LogP contribution in [0.2, 0.25) is 5.02 Å². The second kappa shape index (κ2) is 7.54. The Balaban J connectivity index is 2.07. The minimum atomic E-state index is -0.178. The van der Waals surface area contributed by atoms with Crippen LogP contribution in [0.3, 0.4) is 0 Å². The summed E-state index contributed by atoms with van der Waals surface area (Å²) >= 11 is 6.07. The molecule has 0 heterocycles. The number of hydrogen-bond donors (Lipinski definition) is 1. The van der Waals surface area contributed by atoms with E-state index in [1.54, 1.807) is 25.3 Å². The number of allylic oxidation sites excluding steroid dienone is 1.